The van der Waals surface area contributed by atoms with Gasteiger partial charge in [-0.05, 0) is 36.5 Å². The predicted molar refractivity (Wildman–Crippen MR) is 147 cm³/mol. The molecule has 1 N–H and O–H groups in total. The van der Waals surface area contributed by atoms with Crippen molar-refractivity contribution in [1.82, 2.24) is 35.1 Å². The van der Waals surface area contributed by atoms with Crippen molar-refractivity contribution >= 4 is 17.7 Å². The summed E-state index contributed by atoms with van der Waals surface area (Å²) >= 11 is 0. The fraction of sp³-hybridized carbons (Fsp3) is 0.467. The Morgan fingerprint density at radius 1 is 0.975 bits per heavy atom. The van der Waals surface area contributed by atoms with Crippen LogP contribution in [-0.4, -0.2) is 73.7 Å². The number of benzene rings is 1. The summed E-state index contributed by atoms with van der Waals surface area (Å²) in [5, 5.41) is 15.6. The summed E-state index contributed by atoms with van der Waals surface area (Å²) in [6, 6.07) is 13.7. The van der Waals surface area contributed by atoms with Crippen molar-refractivity contribution in [2.24, 2.45) is 22.7 Å². The van der Waals surface area contributed by atoms with Gasteiger partial charge >= 0.3 is 0 Å². The molecule has 2 saturated heterocycles. The third kappa shape index (κ3) is 4.98. The zero-order valence-electron chi connectivity index (χ0n) is 23.2. The molecular weight excluding hydrogens is 506 g/mol. The van der Waals surface area contributed by atoms with E-state index in [0.29, 0.717) is 44.0 Å². The Morgan fingerprint density at radius 2 is 1.70 bits per heavy atom. The lowest BCUT2D eigenvalue weighted by atomic mass is 9.71. The molecule has 1 saturated carbocycles. The largest absolute Gasteiger partial charge is 0.350 e. The molecule has 0 bridgehead atoms. The molecule has 10 nitrogen and oxygen atoms in total. The van der Waals surface area contributed by atoms with Gasteiger partial charge in [0.15, 0.2) is 0 Å². The van der Waals surface area contributed by atoms with Gasteiger partial charge in [0.1, 0.15) is 0 Å². The molecular formula is C30H35N7O3. The molecule has 0 unspecified atom stereocenters. The average Bonchev–Trinajstić information content (AvgIpc) is 3.25. The second kappa shape index (κ2) is 9.83. The molecule has 4 heterocycles. The van der Waals surface area contributed by atoms with Crippen molar-refractivity contribution in [1.29, 1.82) is 0 Å². The quantitative estimate of drug-likeness (QED) is 0.491. The van der Waals surface area contributed by atoms with E-state index in [1.165, 1.54) is 0 Å². The van der Waals surface area contributed by atoms with E-state index < -0.39 is 11.3 Å². The van der Waals surface area contributed by atoms with Crippen molar-refractivity contribution in [3.63, 3.8) is 0 Å². The number of amides is 3. The number of hydrogen-bond donors (Lipinski definition) is 1. The summed E-state index contributed by atoms with van der Waals surface area (Å²) < 4.78 is 1.75. The van der Waals surface area contributed by atoms with E-state index >= 15 is 0 Å². The summed E-state index contributed by atoms with van der Waals surface area (Å²) in [4.78, 5) is 43.8. The zero-order valence-corrected chi connectivity index (χ0v) is 23.2. The van der Waals surface area contributed by atoms with Crippen LogP contribution in [0.15, 0.2) is 54.9 Å². The van der Waals surface area contributed by atoms with Crippen molar-refractivity contribution in [3.8, 4) is 0 Å². The number of rotatable bonds is 7. The third-order valence-electron chi connectivity index (χ3n) is 8.75. The molecule has 0 radical (unpaired) electrons. The van der Waals surface area contributed by atoms with Crippen molar-refractivity contribution < 1.29 is 14.4 Å². The van der Waals surface area contributed by atoms with Crippen LogP contribution in [0.25, 0.3) is 0 Å². The van der Waals surface area contributed by atoms with E-state index in [4.69, 9.17) is 0 Å². The van der Waals surface area contributed by atoms with Crippen LogP contribution in [-0.2, 0) is 22.7 Å². The van der Waals surface area contributed by atoms with E-state index in [9.17, 15) is 14.4 Å². The minimum Gasteiger partial charge on any atom is -0.350 e. The van der Waals surface area contributed by atoms with E-state index in [1.54, 1.807) is 22.0 Å². The second-order valence-corrected chi connectivity index (χ2v) is 12.3. The minimum absolute atomic E-state index is 0.0449. The number of nitrogens with one attached hydrogen (secondary N) is 1. The summed E-state index contributed by atoms with van der Waals surface area (Å²) in [6.45, 7) is 8.61. The molecule has 3 aliphatic rings. The molecule has 6 rings (SSSR count). The van der Waals surface area contributed by atoms with Gasteiger partial charge in [-0.2, -0.15) is 15.3 Å². The second-order valence-electron chi connectivity index (χ2n) is 12.3. The molecule has 1 spiro atoms. The lowest BCUT2D eigenvalue weighted by Gasteiger charge is -2.50. The highest BCUT2D eigenvalue weighted by atomic mass is 16.2. The van der Waals surface area contributed by atoms with Gasteiger partial charge < -0.3 is 15.1 Å². The summed E-state index contributed by atoms with van der Waals surface area (Å²) in [5.41, 5.74) is 2.65. The van der Waals surface area contributed by atoms with Gasteiger partial charge in [-0.3, -0.25) is 19.1 Å². The maximum atomic E-state index is 13.6. The first kappa shape index (κ1) is 26.2. The van der Waals surface area contributed by atoms with Crippen molar-refractivity contribution in [3.05, 3.63) is 77.4 Å². The van der Waals surface area contributed by atoms with Gasteiger partial charge in [0.25, 0.3) is 5.91 Å². The van der Waals surface area contributed by atoms with E-state index in [0.717, 1.165) is 17.7 Å². The molecule has 1 aromatic carbocycles. The Labute approximate surface area is 233 Å². The number of aryl methyl sites for hydroxylation is 1. The summed E-state index contributed by atoms with van der Waals surface area (Å²) in [6.07, 6.45) is 4.25. The highest BCUT2D eigenvalue weighted by Crippen LogP contribution is 2.54. The van der Waals surface area contributed by atoms with Crippen molar-refractivity contribution in [2.75, 3.05) is 26.2 Å². The van der Waals surface area contributed by atoms with Gasteiger partial charge in [-0.15, -0.1) is 0 Å². The van der Waals surface area contributed by atoms with Crippen molar-refractivity contribution in [2.45, 2.75) is 40.3 Å². The first-order valence-electron chi connectivity index (χ1n) is 13.8. The number of hydrogen-bond acceptors (Lipinski definition) is 6. The standard InChI is InChI=1S/C30H35N7O3/c1-20-9-10-23(34-33-20)13-31-26(38)25-16-35(17-30(25)18-36(19-30)28(40)24-11-29(24,2)3)27(39)22-12-32-37(15-22)14-21-7-5-4-6-8-21/h4-10,12,15,24-25H,11,13-14,16-19H2,1-3H3,(H,31,38)/t24-,25+/m1/s1. The SMILES string of the molecule is Cc1ccc(CNC(=O)[C@@H]2CN(C(=O)c3cnn(Cc4ccccc4)c3)CC23CN(C(=O)[C@H]2CC2(C)C)C3)nn1. The van der Waals surface area contributed by atoms with Gasteiger partial charge in [0.05, 0.1) is 42.2 Å². The Balaban J connectivity index is 1.16. The number of aromatic nitrogens is 4. The molecule has 3 aromatic rings. The fourth-order valence-electron chi connectivity index (χ4n) is 6.12. The molecule has 3 fully saturated rings. The highest BCUT2D eigenvalue weighted by Gasteiger charge is 2.61. The fourth-order valence-corrected chi connectivity index (χ4v) is 6.12. The molecule has 10 heteroatoms. The highest BCUT2D eigenvalue weighted by molar-refractivity contribution is 5.95. The van der Waals surface area contributed by atoms with Gasteiger partial charge in [-0.25, -0.2) is 0 Å². The van der Waals surface area contributed by atoms with Crippen LogP contribution in [0.3, 0.4) is 0 Å². The zero-order chi connectivity index (χ0) is 28.1. The number of nitrogens with zero attached hydrogens (tertiary/aromatic N) is 6. The smallest absolute Gasteiger partial charge is 0.257 e. The maximum absolute atomic E-state index is 13.6. The summed E-state index contributed by atoms with van der Waals surface area (Å²) in [7, 11) is 0. The third-order valence-corrected chi connectivity index (χ3v) is 8.75. The lowest BCUT2D eigenvalue weighted by molar-refractivity contribution is -0.151. The van der Waals surface area contributed by atoms with Crippen LogP contribution in [0, 0.1) is 29.6 Å². The Hall–Kier alpha value is -4.08. The van der Waals surface area contributed by atoms with Crippen LogP contribution in [0.4, 0.5) is 0 Å². The van der Waals surface area contributed by atoms with Crippen LogP contribution in [0.2, 0.25) is 0 Å². The molecule has 3 amide bonds. The number of likely N-dealkylation sites (tertiary alicyclic amines) is 2. The predicted octanol–water partition coefficient (Wildman–Crippen LogP) is 2.29. The summed E-state index contributed by atoms with van der Waals surface area (Å²) in [5.74, 6) is -0.489. The van der Waals surface area contributed by atoms with Gasteiger partial charge in [-0.1, -0.05) is 44.2 Å². The Kier molecular flexibility index (Phi) is 6.43. The van der Waals surface area contributed by atoms with E-state index in [2.05, 4.69) is 34.5 Å². The minimum atomic E-state index is -0.465. The normalized spacial score (nSPS) is 22.2. The molecule has 2 aliphatic heterocycles. The van der Waals surface area contributed by atoms with E-state index in [-0.39, 0.29) is 35.6 Å². The van der Waals surface area contributed by atoms with Gasteiger partial charge in [0, 0.05) is 43.7 Å². The molecule has 2 aromatic heterocycles. The first-order valence-corrected chi connectivity index (χ1v) is 13.8. The molecule has 2 atom stereocenters. The Morgan fingerprint density at radius 3 is 2.38 bits per heavy atom. The molecule has 40 heavy (non-hydrogen) atoms. The maximum Gasteiger partial charge on any atom is 0.257 e. The van der Waals surface area contributed by atoms with Crippen LogP contribution in [0.5, 0.6) is 0 Å². The number of carbonyl (C=O) groups is 3. The van der Waals surface area contributed by atoms with Crippen LogP contribution >= 0.6 is 0 Å². The topological polar surface area (TPSA) is 113 Å². The van der Waals surface area contributed by atoms with Crippen LogP contribution < -0.4 is 5.32 Å². The number of carbonyl (C=O) groups excluding carboxylic acids is 3. The Bertz CT molecular complexity index is 1430. The van der Waals surface area contributed by atoms with E-state index in [1.807, 2.05) is 54.3 Å². The molecule has 208 valence electrons. The lowest BCUT2D eigenvalue weighted by Crippen LogP contribution is -2.64. The monoisotopic (exact) mass is 541 g/mol. The average molecular weight is 542 g/mol. The van der Waals surface area contributed by atoms with Gasteiger partial charge in [0.2, 0.25) is 11.8 Å². The molecule has 1 aliphatic carbocycles. The van der Waals surface area contributed by atoms with Crippen LogP contribution in [0.1, 0.15) is 47.6 Å². The first-order chi connectivity index (χ1) is 19.1.